The van der Waals surface area contributed by atoms with Crippen LogP contribution in [0.5, 0.6) is 0 Å². The Labute approximate surface area is 88.5 Å². The van der Waals surface area contributed by atoms with Crippen LogP contribution in [0.25, 0.3) is 10.9 Å². The smallest absolute Gasteiger partial charge is 0.130 e. The quantitative estimate of drug-likeness (QED) is 0.681. The van der Waals surface area contributed by atoms with Crippen molar-refractivity contribution >= 4 is 17.2 Å². The van der Waals surface area contributed by atoms with Gasteiger partial charge in [0.15, 0.2) is 0 Å². The van der Waals surface area contributed by atoms with Gasteiger partial charge in [-0.25, -0.2) is 0 Å². The van der Waals surface area contributed by atoms with Crippen molar-refractivity contribution in [3.8, 4) is 0 Å². The van der Waals surface area contributed by atoms with Crippen LogP contribution in [0.3, 0.4) is 0 Å². The van der Waals surface area contributed by atoms with Crippen LogP contribution in [0.15, 0.2) is 30.5 Å². The topological polar surface area (TPSA) is 22.0 Å². The van der Waals surface area contributed by atoms with Gasteiger partial charge in [0.05, 0.1) is 5.41 Å². The van der Waals surface area contributed by atoms with E-state index in [2.05, 4.69) is 35.0 Å². The fraction of sp³-hybridized carbons (Fsp3) is 0.308. The molecule has 3 rings (SSSR count). The fourth-order valence-corrected chi connectivity index (χ4v) is 2.20. The van der Waals surface area contributed by atoms with Gasteiger partial charge in [0.25, 0.3) is 0 Å². The van der Waals surface area contributed by atoms with E-state index in [4.69, 9.17) is 0 Å². The van der Waals surface area contributed by atoms with Crippen molar-refractivity contribution in [2.75, 3.05) is 0 Å². The van der Waals surface area contributed by atoms with Crippen LogP contribution in [0.4, 0.5) is 0 Å². The van der Waals surface area contributed by atoms with Crippen molar-refractivity contribution in [3.05, 3.63) is 36.0 Å². The summed E-state index contributed by atoms with van der Waals surface area (Å²) in [5.74, 6) is 0. The van der Waals surface area contributed by atoms with Gasteiger partial charge in [-0.3, -0.25) is 0 Å². The molecule has 1 heterocycles. The number of hydrogen-bond donors (Lipinski definition) is 0. The van der Waals surface area contributed by atoms with Crippen LogP contribution in [-0.2, 0) is 17.3 Å². The zero-order valence-corrected chi connectivity index (χ0v) is 8.73. The molecule has 1 aliphatic carbocycles. The summed E-state index contributed by atoms with van der Waals surface area (Å²) < 4.78 is 2.10. The highest BCUT2D eigenvalue weighted by Gasteiger charge is 2.44. The van der Waals surface area contributed by atoms with Crippen molar-refractivity contribution in [2.45, 2.75) is 18.3 Å². The molecule has 1 aromatic carbocycles. The summed E-state index contributed by atoms with van der Waals surface area (Å²) in [5.41, 5.74) is 2.25. The molecule has 0 amide bonds. The molecule has 1 fully saturated rings. The number of nitrogens with zero attached hydrogens (tertiary/aromatic N) is 1. The van der Waals surface area contributed by atoms with Crippen molar-refractivity contribution < 1.29 is 4.79 Å². The highest BCUT2D eigenvalue weighted by molar-refractivity contribution is 5.83. The molecule has 76 valence electrons. The molecule has 0 radical (unpaired) electrons. The van der Waals surface area contributed by atoms with Crippen LogP contribution >= 0.6 is 0 Å². The van der Waals surface area contributed by atoms with Crippen LogP contribution in [0, 0.1) is 0 Å². The third-order valence-corrected chi connectivity index (χ3v) is 3.47. The molecule has 0 bridgehead atoms. The third-order valence-electron chi connectivity index (χ3n) is 3.47. The highest BCUT2D eigenvalue weighted by Crippen LogP contribution is 2.46. The Hall–Kier alpha value is -1.57. The van der Waals surface area contributed by atoms with E-state index in [1.165, 1.54) is 16.5 Å². The summed E-state index contributed by atoms with van der Waals surface area (Å²) in [7, 11) is 2.04. The Morgan fingerprint density at radius 2 is 2.13 bits per heavy atom. The summed E-state index contributed by atoms with van der Waals surface area (Å²) >= 11 is 0. The minimum absolute atomic E-state index is 0.149. The molecule has 0 saturated heterocycles. The Bertz CT molecular complexity index is 534. The zero-order chi connectivity index (χ0) is 10.5. The maximum atomic E-state index is 11.0. The van der Waals surface area contributed by atoms with Gasteiger partial charge in [-0.2, -0.15) is 0 Å². The van der Waals surface area contributed by atoms with Gasteiger partial charge in [0.1, 0.15) is 6.29 Å². The van der Waals surface area contributed by atoms with E-state index < -0.39 is 0 Å². The summed E-state index contributed by atoms with van der Waals surface area (Å²) in [6.07, 6.45) is 5.18. The number of aldehydes is 1. The number of carbonyl (C=O) groups is 1. The number of aromatic nitrogens is 1. The fourth-order valence-electron chi connectivity index (χ4n) is 2.20. The first-order valence-electron chi connectivity index (χ1n) is 5.27. The molecule has 2 heteroatoms. The number of carbonyl (C=O) groups excluding carboxylic acids is 1. The van der Waals surface area contributed by atoms with E-state index >= 15 is 0 Å². The maximum Gasteiger partial charge on any atom is 0.130 e. The lowest BCUT2D eigenvalue weighted by Crippen LogP contribution is -2.07. The van der Waals surface area contributed by atoms with Gasteiger partial charge in [0, 0.05) is 18.8 Å². The first-order chi connectivity index (χ1) is 7.25. The lowest BCUT2D eigenvalue weighted by Gasteiger charge is -2.07. The molecule has 2 nitrogen and oxygen atoms in total. The van der Waals surface area contributed by atoms with Crippen LogP contribution in [0.2, 0.25) is 0 Å². The number of benzene rings is 1. The predicted octanol–water partition coefficient (Wildman–Crippen LogP) is 2.41. The van der Waals surface area contributed by atoms with Crippen molar-refractivity contribution in [2.24, 2.45) is 7.05 Å². The summed E-state index contributed by atoms with van der Waals surface area (Å²) in [5, 5.41) is 1.23. The Balaban J connectivity index is 2.18. The van der Waals surface area contributed by atoms with Gasteiger partial charge < -0.3 is 9.36 Å². The van der Waals surface area contributed by atoms with Crippen LogP contribution in [0.1, 0.15) is 18.4 Å². The monoisotopic (exact) mass is 199 g/mol. The molecule has 15 heavy (non-hydrogen) atoms. The average molecular weight is 199 g/mol. The lowest BCUT2D eigenvalue weighted by molar-refractivity contribution is -0.109. The van der Waals surface area contributed by atoms with Gasteiger partial charge in [-0.05, 0) is 42.0 Å². The molecule has 1 aliphatic rings. The van der Waals surface area contributed by atoms with Gasteiger partial charge >= 0.3 is 0 Å². The summed E-state index contributed by atoms with van der Waals surface area (Å²) in [6, 6.07) is 8.44. The maximum absolute atomic E-state index is 11.0. The number of fused-ring (bicyclic) bond motifs is 1. The van der Waals surface area contributed by atoms with Crippen molar-refractivity contribution in [1.82, 2.24) is 4.57 Å². The van der Waals surface area contributed by atoms with E-state index in [0.717, 1.165) is 19.1 Å². The van der Waals surface area contributed by atoms with Crippen molar-refractivity contribution in [3.63, 3.8) is 0 Å². The third kappa shape index (κ3) is 1.14. The van der Waals surface area contributed by atoms with Crippen LogP contribution in [-0.4, -0.2) is 10.9 Å². The molecule has 0 spiro atoms. The van der Waals surface area contributed by atoms with Gasteiger partial charge in [-0.1, -0.05) is 6.07 Å². The molecule has 1 saturated carbocycles. The normalized spacial score (nSPS) is 17.9. The predicted molar refractivity (Wildman–Crippen MR) is 59.9 cm³/mol. The Morgan fingerprint density at radius 1 is 1.33 bits per heavy atom. The van der Waals surface area contributed by atoms with Crippen molar-refractivity contribution in [1.29, 1.82) is 0 Å². The van der Waals surface area contributed by atoms with E-state index in [1.807, 2.05) is 7.05 Å². The summed E-state index contributed by atoms with van der Waals surface area (Å²) in [4.78, 5) is 11.0. The number of aryl methyl sites for hydroxylation is 1. The van der Waals surface area contributed by atoms with Gasteiger partial charge in [0.2, 0.25) is 0 Å². The molecule has 0 atom stereocenters. The average Bonchev–Trinajstić information content (AvgIpc) is 2.99. The lowest BCUT2D eigenvalue weighted by atomic mass is 9.97. The first kappa shape index (κ1) is 8.72. The molecule has 0 aliphatic heterocycles. The number of hydrogen-bond acceptors (Lipinski definition) is 1. The SMILES string of the molecule is Cn1ccc2cc(C3(C=O)CC3)ccc21. The minimum Gasteiger partial charge on any atom is -0.351 e. The standard InChI is InChI=1S/C13H13NO/c1-14-7-4-10-8-11(2-3-12(10)14)13(9-15)5-6-13/h2-4,7-9H,5-6H2,1H3. The summed E-state index contributed by atoms with van der Waals surface area (Å²) in [6.45, 7) is 0. The van der Waals surface area contributed by atoms with E-state index in [0.29, 0.717) is 0 Å². The first-order valence-corrected chi connectivity index (χ1v) is 5.27. The second-order valence-electron chi connectivity index (χ2n) is 4.47. The second-order valence-corrected chi connectivity index (χ2v) is 4.47. The van der Waals surface area contributed by atoms with Gasteiger partial charge in [-0.15, -0.1) is 0 Å². The van der Waals surface area contributed by atoms with E-state index in [9.17, 15) is 4.79 Å². The highest BCUT2D eigenvalue weighted by atomic mass is 16.1. The molecule has 1 aromatic heterocycles. The minimum atomic E-state index is -0.149. The molecular formula is C13H13NO. The van der Waals surface area contributed by atoms with Crippen LogP contribution < -0.4 is 0 Å². The molecule has 0 N–H and O–H groups in total. The Morgan fingerprint density at radius 3 is 2.80 bits per heavy atom. The largest absolute Gasteiger partial charge is 0.351 e. The Kier molecular flexibility index (Phi) is 1.58. The molecule has 0 unspecified atom stereocenters. The van der Waals surface area contributed by atoms with E-state index in [1.54, 1.807) is 0 Å². The molecular weight excluding hydrogens is 186 g/mol. The van der Waals surface area contributed by atoms with E-state index in [-0.39, 0.29) is 5.41 Å². The number of rotatable bonds is 2. The second kappa shape index (κ2) is 2.72. The molecule has 2 aromatic rings. The zero-order valence-electron chi connectivity index (χ0n) is 8.73.